The second kappa shape index (κ2) is 4.80. The number of nitrogens with two attached hydrogens (primary N) is 3. The predicted octanol–water partition coefficient (Wildman–Crippen LogP) is -0.105. The zero-order valence-corrected chi connectivity index (χ0v) is 7.71. The van der Waals surface area contributed by atoms with Crippen LogP contribution in [-0.4, -0.2) is 19.6 Å². The largest absolute Gasteiger partial charge is 0.330 e. The summed E-state index contributed by atoms with van der Waals surface area (Å²) in [5.41, 5.74) is 17.0. The van der Waals surface area contributed by atoms with Crippen molar-refractivity contribution < 1.29 is 0 Å². The maximum Gasteiger partial charge on any atom is -0.00456 e. The highest BCUT2D eigenvalue weighted by Gasteiger charge is 2.27. The van der Waals surface area contributed by atoms with E-state index in [1.807, 2.05) is 0 Å². The molecule has 3 unspecified atom stereocenters. The molecule has 0 amide bonds. The van der Waals surface area contributed by atoms with Crippen LogP contribution in [0.5, 0.6) is 0 Å². The Labute approximate surface area is 74.7 Å². The zero-order valence-electron chi connectivity index (χ0n) is 7.71. The van der Waals surface area contributed by atoms with Crippen molar-refractivity contribution in [1.29, 1.82) is 0 Å². The topological polar surface area (TPSA) is 78.1 Å². The molecule has 0 aromatic heterocycles. The fraction of sp³-hybridized carbons (Fsp3) is 1.00. The predicted molar refractivity (Wildman–Crippen MR) is 51.5 cm³/mol. The molecule has 0 aliphatic heterocycles. The molecule has 0 radical (unpaired) electrons. The van der Waals surface area contributed by atoms with Crippen LogP contribution in [0.25, 0.3) is 0 Å². The fourth-order valence-corrected chi connectivity index (χ4v) is 2.24. The Morgan fingerprint density at radius 1 is 0.833 bits per heavy atom. The molecular formula is C9H21N3. The average Bonchev–Trinajstić information content (AvgIpc) is 2.16. The molecule has 1 aliphatic carbocycles. The molecule has 0 saturated heterocycles. The molecule has 72 valence electrons. The van der Waals surface area contributed by atoms with Gasteiger partial charge in [-0.2, -0.15) is 0 Å². The smallest absolute Gasteiger partial charge is 0.00456 e. The van der Waals surface area contributed by atoms with Crippen LogP contribution < -0.4 is 17.2 Å². The summed E-state index contributed by atoms with van der Waals surface area (Å²) < 4.78 is 0. The lowest BCUT2D eigenvalue weighted by Gasteiger charge is -2.34. The minimum Gasteiger partial charge on any atom is -0.330 e. The molecule has 0 aromatic carbocycles. The molecule has 0 bridgehead atoms. The van der Waals surface area contributed by atoms with Crippen molar-refractivity contribution in [2.24, 2.45) is 35.0 Å². The van der Waals surface area contributed by atoms with Crippen molar-refractivity contribution in [1.82, 2.24) is 0 Å². The van der Waals surface area contributed by atoms with Crippen molar-refractivity contribution in [2.45, 2.75) is 19.3 Å². The molecule has 0 heterocycles. The molecule has 6 N–H and O–H groups in total. The van der Waals surface area contributed by atoms with Gasteiger partial charge in [-0.05, 0) is 56.7 Å². The Morgan fingerprint density at radius 2 is 1.50 bits per heavy atom. The van der Waals surface area contributed by atoms with Crippen molar-refractivity contribution >= 4 is 0 Å². The first-order valence-electron chi connectivity index (χ1n) is 4.92. The van der Waals surface area contributed by atoms with Crippen LogP contribution in [-0.2, 0) is 0 Å². The molecule has 0 aromatic rings. The Kier molecular flexibility index (Phi) is 3.98. The monoisotopic (exact) mass is 171 g/mol. The van der Waals surface area contributed by atoms with E-state index < -0.39 is 0 Å². The summed E-state index contributed by atoms with van der Waals surface area (Å²) >= 11 is 0. The van der Waals surface area contributed by atoms with Gasteiger partial charge in [0, 0.05) is 0 Å². The summed E-state index contributed by atoms with van der Waals surface area (Å²) in [6.07, 6.45) is 3.66. The molecule has 3 nitrogen and oxygen atoms in total. The normalized spacial score (nSPS) is 36.8. The molecule has 1 rings (SSSR count). The molecule has 3 heteroatoms. The number of hydrogen-bond acceptors (Lipinski definition) is 3. The Hall–Kier alpha value is -0.120. The van der Waals surface area contributed by atoms with Crippen LogP contribution in [0.2, 0.25) is 0 Å². The summed E-state index contributed by atoms with van der Waals surface area (Å²) in [6, 6.07) is 0. The van der Waals surface area contributed by atoms with Gasteiger partial charge in [0.1, 0.15) is 0 Å². The van der Waals surface area contributed by atoms with Crippen LogP contribution in [0.4, 0.5) is 0 Å². The van der Waals surface area contributed by atoms with E-state index in [1.54, 1.807) is 0 Å². The minimum absolute atomic E-state index is 0.622. The molecule has 0 spiro atoms. The third kappa shape index (κ3) is 2.19. The van der Waals surface area contributed by atoms with Gasteiger partial charge in [0.15, 0.2) is 0 Å². The van der Waals surface area contributed by atoms with E-state index >= 15 is 0 Å². The van der Waals surface area contributed by atoms with E-state index in [1.165, 1.54) is 19.3 Å². The van der Waals surface area contributed by atoms with E-state index in [9.17, 15) is 0 Å². The first kappa shape index (κ1) is 9.96. The van der Waals surface area contributed by atoms with Crippen LogP contribution in [0, 0.1) is 17.8 Å². The molecular weight excluding hydrogens is 150 g/mol. The summed E-state index contributed by atoms with van der Waals surface area (Å²) in [7, 11) is 0. The van der Waals surface area contributed by atoms with Crippen LogP contribution in [0.1, 0.15) is 19.3 Å². The molecule has 1 saturated carbocycles. The van der Waals surface area contributed by atoms with E-state index in [-0.39, 0.29) is 0 Å². The van der Waals surface area contributed by atoms with E-state index in [2.05, 4.69) is 0 Å². The van der Waals surface area contributed by atoms with E-state index in [4.69, 9.17) is 17.2 Å². The first-order chi connectivity index (χ1) is 5.81. The third-order valence-corrected chi connectivity index (χ3v) is 3.19. The van der Waals surface area contributed by atoms with Crippen LogP contribution in [0.3, 0.4) is 0 Å². The Morgan fingerprint density at radius 3 is 2.00 bits per heavy atom. The van der Waals surface area contributed by atoms with Crippen LogP contribution in [0.15, 0.2) is 0 Å². The number of hydrogen-bond donors (Lipinski definition) is 3. The van der Waals surface area contributed by atoms with Crippen molar-refractivity contribution in [3.63, 3.8) is 0 Å². The summed E-state index contributed by atoms with van der Waals surface area (Å²) in [4.78, 5) is 0. The van der Waals surface area contributed by atoms with Gasteiger partial charge in [0.2, 0.25) is 0 Å². The fourth-order valence-electron chi connectivity index (χ4n) is 2.24. The van der Waals surface area contributed by atoms with Gasteiger partial charge in [0.25, 0.3) is 0 Å². The van der Waals surface area contributed by atoms with Gasteiger partial charge >= 0.3 is 0 Å². The highest BCUT2D eigenvalue weighted by molar-refractivity contribution is 4.81. The Bertz CT molecular complexity index is 127. The van der Waals surface area contributed by atoms with E-state index in [0.717, 1.165) is 19.6 Å². The lowest BCUT2D eigenvalue weighted by molar-refractivity contribution is 0.193. The van der Waals surface area contributed by atoms with Crippen molar-refractivity contribution in [3.8, 4) is 0 Å². The molecule has 3 atom stereocenters. The summed E-state index contributed by atoms with van der Waals surface area (Å²) in [5.74, 6) is 1.97. The SMILES string of the molecule is NCC1CCC(CN)C(CN)C1. The lowest BCUT2D eigenvalue weighted by Crippen LogP contribution is -2.36. The standard InChI is InChI=1S/C9H21N3/c10-4-7-1-2-8(5-11)9(3-7)6-12/h7-9H,1-6,10-12H2. The zero-order chi connectivity index (χ0) is 8.97. The molecule has 1 aliphatic rings. The summed E-state index contributed by atoms with van der Waals surface area (Å²) in [6.45, 7) is 2.38. The molecule has 12 heavy (non-hydrogen) atoms. The highest BCUT2D eigenvalue weighted by Crippen LogP contribution is 2.32. The van der Waals surface area contributed by atoms with Crippen molar-refractivity contribution in [2.75, 3.05) is 19.6 Å². The van der Waals surface area contributed by atoms with Crippen molar-refractivity contribution in [3.05, 3.63) is 0 Å². The van der Waals surface area contributed by atoms with Gasteiger partial charge in [0.05, 0.1) is 0 Å². The van der Waals surface area contributed by atoms with Gasteiger partial charge in [-0.1, -0.05) is 0 Å². The third-order valence-electron chi connectivity index (χ3n) is 3.19. The van der Waals surface area contributed by atoms with Gasteiger partial charge in [-0.15, -0.1) is 0 Å². The minimum atomic E-state index is 0.622. The van der Waals surface area contributed by atoms with Gasteiger partial charge < -0.3 is 17.2 Å². The molecule has 1 fully saturated rings. The van der Waals surface area contributed by atoms with Gasteiger partial charge in [-0.3, -0.25) is 0 Å². The lowest BCUT2D eigenvalue weighted by atomic mass is 9.74. The van der Waals surface area contributed by atoms with Crippen LogP contribution >= 0.6 is 0 Å². The maximum absolute atomic E-state index is 5.69. The van der Waals surface area contributed by atoms with Gasteiger partial charge in [-0.25, -0.2) is 0 Å². The number of rotatable bonds is 3. The Balaban J connectivity index is 2.41. The summed E-state index contributed by atoms with van der Waals surface area (Å²) in [5, 5.41) is 0. The highest BCUT2D eigenvalue weighted by atomic mass is 14.6. The second-order valence-corrected chi connectivity index (χ2v) is 3.91. The average molecular weight is 171 g/mol. The first-order valence-corrected chi connectivity index (χ1v) is 4.92. The maximum atomic E-state index is 5.69. The second-order valence-electron chi connectivity index (χ2n) is 3.91. The quantitative estimate of drug-likeness (QED) is 0.554. The van der Waals surface area contributed by atoms with E-state index in [0.29, 0.717) is 17.8 Å².